The zero-order chi connectivity index (χ0) is 9.68. The Labute approximate surface area is 75.5 Å². The molecule has 0 radical (unpaired) electrons. The predicted octanol–water partition coefficient (Wildman–Crippen LogP) is -0.219. The van der Waals surface area contributed by atoms with Crippen LogP contribution in [0.1, 0.15) is 5.56 Å². The highest BCUT2D eigenvalue weighted by atomic mass is 16.4. The number of hydrogen-bond acceptors (Lipinski definition) is 4. The first-order valence-electron chi connectivity index (χ1n) is 3.90. The number of furan rings is 1. The molecule has 1 aromatic rings. The molecule has 4 N–H and O–H groups in total. The lowest BCUT2D eigenvalue weighted by atomic mass is 10.3. The van der Waals surface area contributed by atoms with Gasteiger partial charge in [-0.2, -0.15) is 0 Å². The van der Waals surface area contributed by atoms with Crippen molar-refractivity contribution in [2.45, 2.75) is 12.6 Å². The first kappa shape index (κ1) is 9.76. The van der Waals surface area contributed by atoms with E-state index in [2.05, 4.69) is 5.32 Å². The van der Waals surface area contributed by atoms with Gasteiger partial charge in [-0.3, -0.25) is 4.79 Å². The van der Waals surface area contributed by atoms with Crippen LogP contribution < -0.4 is 11.1 Å². The molecule has 5 nitrogen and oxygen atoms in total. The number of nitrogens with two attached hydrogens (primary N) is 1. The van der Waals surface area contributed by atoms with Gasteiger partial charge in [0.15, 0.2) is 0 Å². The lowest BCUT2D eigenvalue weighted by Crippen LogP contribution is -2.39. The van der Waals surface area contributed by atoms with Crippen molar-refractivity contribution in [3.8, 4) is 0 Å². The number of nitrogens with one attached hydrogen (secondary N) is 1. The van der Waals surface area contributed by atoms with Gasteiger partial charge in [0.25, 0.3) is 0 Å². The largest absolute Gasteiger partial charge is 0.480 e. The molecule has 0 saturated carbocycles. The summed E-state index contributed by atoms with van der Waals surface area (Å²) in [5.74, 6) is -1.00. The molecule has 0 amide bonds. The average molecular weight is 184 g/mol. The molecule has 1 rings (SSSR count). The molecule has 0 fully saturated rings. The normalized spacial score (nSPS) is 12.7. The summed E-state index contributed by atoms with van der Waals surface area (Å²) in [4.78, 5) is 10.3. The average Bonchev–Trinajstić information content (AvgIpc) is 2.56. The van der Waals surface area contributed by atoms with Crippen LogP contribution in [-0.4, -0.2) is 23.7 Å². The second-order valence-corrected chi connectivity index (χ2v) is 2.71. The van der Waals surface area contributed by atoms with Gasteiger partial charge in [0.05, 0.1) is 12.5 Å². The SMILES string of the molecule is NC(CNCc1ccoc1)C(=O)O. The van der Waals surface area contributed by atoms with Gasteiger partial charge >= 0.3 is 5.97 Å². The van der Waals surface area contributed by atoms with Crippen molar-refractivity contribution in [2.75, 3.05) is 6.54 Å². The molecule has 0 saturated heterocycles. The highest BCUT2D eigenvalue weighted by molar-refractivity contribution is 5.73. The van der Waals surface area contributed by atoms with E-state index in [1.807, 2.05) is 0 Å². The van der Waals surface area contributed by atoms with Gasteiger partial charge in [-0.1, -0.05) is 0 Å². The molecule has 1 heterocycles. The molecule has 0 aliphatic heterocycles. The first-order valence-corrected chi connectivity index (χ1v) is 3.90. The van der Waals surface area contributed by atoms with Crippen molar-refractivity contribution in [3.05, 3.63) is 24.2 Å². The summed E-state index contributed by atoms with van der Waals surface area (Å²) in [6.07, 6.45) is 3.16. The van der Waals surface area contributed by atoms with E-state index in [1.54, 1.807) is 18.6 Å². The van der Waals surface area contributed by atoms with E-state index in [9.17, 15) is 4.79 Å². The first-order chi connectivity index (χ1) is 6.20. The minimum absolute atomic E-state index is 0.251. The van der Waals surface area contributed by atoms with Gasteiger partial charge in [-0.15, -0.1) is 0 Å². The van der Waals surface area contributed by atoms with E-state index in [0.29, 0.717) is 6.54 Å². The molecule has 0 aliphatic rings. The smallest absolute Gasteiger partial charge is 0.321 e. The quantitative estimate of drug-likeness (QED) is 0.588. The maximum atomic E-state index is 10.3. The van der Waals surface area contributed by atoms with Crippen LogP contribution in [0.25, 0.3) is 0 Å². The van der Waals surface area contributed by atoms with Crippen LogP contribution in [0.15, 0.2) is 23.0 Å². The van der Waals surface area contributed by atoms with Gasteiger partial charge in [0, 0.05) is 18.7 Å². The molecule has 13 heavy (non-hydrogen) atoms. The Kier molecular flexibility index (Phi) is 3.48. The van der Waals surface area contributed by atoms with Crippen LogP contribution in [0.3, 0.4) is 0 Å². The molecular formula is C8H12N2O3. The molecule has 0 bridgehead atoms. The van der Waals surface area contributed by atoms with E-state index >= 15 is 0 Å². The Balaban J connectivity index is 2.18. The fourth-order valence-corrected chi connectivity index (χ4v) is 0.853. The number of carboxylic acids is 1. The number of carboxylic acid groups (broad SMARTS) is 1. The molecule has 5 heteroatoms. The maximum Gasteiger partial charge on any atom is 0.321 e. The van der Waals surface area contributed by atoms with E-state index in [-0.39, 0.29) is 6.54 Å². The van der Waals surface area contributed by atoms with Crippen molar-refractivity contribution in [2.24, 2.45) is 5.73 Å². The zero-order valence-corrected chi connectivity index (χ0v) is 7.06. The summed E-state index contributed by atoms with van der Waals surface area (Å²) in [7, 11) is 0. The second kappa shape index (κ2) is 4.64. The molecule has 0 aliphatic carbocycles. The lowest BCUT2D eigenvalue weighted by molar-refractivity contribution is -0.138. The van der Waals surface area contributed by atoms with Crippen LogP contribution in [0, 0.1) is 0 Å². The van der Waals surface area contributed by atoms with Gasteiger partial charge in [-0.25, -0.2) is 0 Å². The van der Waals surface area contributed by atoms with E-state index in [1.165, 1.54) is 0 Å². The van der Waals surface area contributed by atoms with E-state index in [0.717, 1.165) is 5.56 Å². The third-order valence-corrected chi connectivity index (χ3v) is 1.59. The fraction of sp³-hybridized carbons (Fsp3) is 0.375. The topological polar surface area (TPSA) is 88.5 Å². The van der Waals surface area contributed by atoms with E-state index in [4.69, 9.17) is 15.3 Å². The van der Waals surface area contributed by atoms with Crippen LogP contribution in [0.2, 0.25) is 0 Å². The molecule has 1 atom stereocenters. The summed E-state index contributed by atoms with van der Waals surface area (Å²) >= 11 is 0. The number of rotatable bonds is 5. The zero-order valence-electron chi connectivity index (χ0n) is 7.06. The Morgan fingerprint density at radius 1 is 1.77 bits per heavy atom. The Morgan fingerprint density at radius 2 is 2.54 bits per heavy atom. The van der Waals surface area contributed by atoms with Crippen LogP contribution >= 0.6 is 0 Å². The molecule has 0 aromatic carbocycles. The minimum Gasteiger partial charge on any atom is -0.480 e. The summed E-state index contributed by atoms with van der Waals surface area (Å²) in [5, 5.41) is 11.4. The maximum absolute atomic E-state index is 10.3. The number of hydrogen-bond donors (Lipinski definition) is 3. The third kappa shape index (κ3) is 3.27. The monoisotopic (exact) mass is 184 g/mol. The van der Waals surface area contributed by atoms with Gasteiger partial charge in [-0.05, 0) is 6.07 Å². The highest BCUT2D eigenvalue weighted by Gasteiger charge is 2.09. The molecule has 1 unspecified atom stereocenters. The fourth-order valence-electron chi connectivity index (χ4n) is 0.853. The number of aliphatic carboxylic acids is 1. The molecule has 0 spiro atoms. The summed E-state index contributed by atoms with van der Waals surface area (Å²) in [5.41, 5.74) is 6.24. The summed E-state index contributed by atoms with van der Waals surface area (Å²) in [6.45, 7) is 0.817. The number of carbonyl (C=O) groups is 1. The van der Waals surface area contributed by atoms with Crippen molar-refractivity contribution in [3.63, 3.8) is 0 Å². The van der Waals surface area contributed by atoms with Crippen LogP contribution in [-0.2, 0) is 11.3 Å². The standard InChI is InChI=1S/C8H12N2O3/c9-7(8(11)12)4-10-3-6-1-2-13-5-6/h1-2,5,7,10H,3-4,9H2,(H,11,12). The van der Waals surface area contributed by atoms with E-state index < -0.39 is 12.0 Å². The highest BCUT2D eigenvalue weighted by Crippen LogP contribution is 1.97. The summed E-state index contributed by atoms with van der Waals surface area (Å²) in [6, 6.07) is 0.950. The summed E-state index contributed by atoms with van der Waals surface area (Å²) < 4.78 is 4.83. The predicted molar refractivity (Wildman–Crippen MR) is 46.0 cm³/mol. The Hall–Kier alpha value is -1.33. The third-order valence-electron chi connectivity index (χ3n) is 1.59. The van der Waals surface area contributed by atoms with Gasteiger partial charge in [0.1, 0.15) is 6.04 Å². The Morgan fingerprint density at radius 3 is 3.08 bits per heavy atom. The minimum atomic E-state index is -1.00. The van der Waals surface area contributed by atoms with Crippen LogP contribution in [0.5, 0.6) is 0 Å². The lowest BCUT2D eigenvalue weighted by Gasteiger charge is -2.06. The molecular weight excluding hydrogens is 172 g/mol. The van der Waals surface area contributed by atoms with Crippen molar-refractivity contribution >= 4 is 5.97 Å². The van der Waals surface area contributed by atoms with Gasteiger partial charge < -0.3 is 20.6 Å². The van der Waals surface area contributed by atoms with Gasteiger partial charge in [0.2, 0.25) is 0 Å². The van der Waals surface area contributed by atoms with Crippen LogP contribution in [0.4, 0.5) is 0 Å². The Bertz CT molecular complexity index is 258. The molecule has 1 aromatic heterocycles. The molecule has 72 valence electrons. The van der Waals surface area contributed by atoms with Crippen molar-refractivity contribution < 1.29 is 14.3 Å². The van der Waals surface area contributed by atoms with Crippen molar-refractivity contribution in [1.29, 1.82) is 0 Å². The van der Waals surface area contributed by atoms with Crippen molar-refractivity contribution in [1.82, 2.24) is 5.32 Å². The second-order valence-electron chi connectivity index (χ2n) is 2.71.